The van der Waals surface area contributed by atoms with Crippen molar-refractivity contribution in [1.82, 2.24) is 17.5 Å². The van der Waals surface area contributed by atoms with Gasteiger partial charge in [0.1, 0.15) is 22.1 Å². The number of thiophene rings is 4. The molecule has 0 aliphatic heterocycles. The number of halogens is 4. The first-order chi connectivity index (χ1) is 57.1. The van der Waals surface area contributed by atoms with Crippen molar-refractivity contribution in [2.24, 2.45) is 0 Å². The molecule has 0 N–H and O–H groups in total. The number of hydrogen-bond acceptors (Lipinski definition) is 14. The Bertz CT molecular complexity index is 6590. The SMILES string of the molecule is [C-]#[N+]C(C#N)=C1/C(=C/c2cc3c(s2)-c2sc4c5nsnc5c5c6c7c(sc6c6nsnc6c5c4c2C3(c2ccc(CCCCCC)cc2)c2ccc(CCCCCC)cc2)-c2sc(/C=C3\C(=O)c4cc(Cl)c(Cl)cc4\C3=C(/C)C#N)cc2C7(c2ccc(CCCCCC)cc2)c2ccc(CCCCCC)cc2)C(=O)c2cc(Cl)c(Cl)cc21. The first-order valence-corrected chi connectivity index (χ1v) is 47.0. The summed E-state index contributed by atoms with van der Waals surface area (Å²) in [6.45, 7) is 19.1. The van der Waals surface area contributed by atoms with Crippen molar-refractivity contribution in [3.8, 4) is 31.6 Å². The van der Waals surface area contributed by atoms with Crippen LogP contribution in [-0.2, 0) is 36.5 Å². The highest BCUT2D eigenvalue weighted by atomic mass is 35.5. The van der Waals surface area contributed by atoms with Crippen molar-refractivity contribution in [3.63, 3.8) is 0 Å². The molecule has 0 atom stereocenters. The minimum Gasteiger partial charge on any atom is -0.289 e. The Morgan fingerprint density at radius 2 is 0.752 bits per heavy atom. The number of hydrogen-bond donors (Lipinski definition) is 0. The number of ketones is 2. The summed E-state index contributed by atoms with van der Waals surface area (Å²) in [4.78, 5) is 39.8. The molecule has 582 valence electrons. The first-order valence-electron chi connectivity index (χ1n) is 40.7. The quantitative estimate of drug-likeness (QED) is 0.0226. The van der Waals surface area contributed by atoms with Gasteiger partial charge < -0.3 is 0 Å². The van der Waals surface area contributed by atoms with E-state index in [1.54, 1.807) is 76.5 Å². The van der Waals surface area contributed by atoms with Gasteiger partial charge in [-0.1, -0.05) is 248 Å². The van der Waals surface area contributed by atoms with Crippen LogP contribution in [0, 0.1) is 29.2 Å². The van der Waals surface area contributed by atoms with E-state index in [0.717, 1.165) is 230 Å². The van der Waals surface area contributed by atoms with Gasteiger partial charge in [-0.2, -0.15) is 22.8 Å². The van der Waals surface area contributed by atoms with Crippen LogP contribution in [0.1, 0.15) is 246 Å². The van der Waals surface area contributed by atoms with E-state index in [2.05, 4.69) is 154 Å². The summed E-state index contributed by atoms with van der Waals surface area (Å²) in [5.41, 5.74) is 18.2. The Hall–Kier alpha value is -9.09. The number of fused-ring (bicyclic) bond motifs is 21. The van der Waals surface area contributed by atoms with Gasteiger partial charge in [-0.05, 0) is 185 Å². The number of aromatic nitrogens is 4. The largest absolute Gasteiger partial charge is 0.289 e. The van der Waals surface area contributed by atoms with Crippen LogP contribution in [-0.4, -0.2) is 29.1 Å². The van der Waals surface area contributed by atoms with Crippen molar-refractivity contribution < 1.29 is 9.59 Å². The number of carbonyl (C=O) groups excluding carboxylic acids is 2. The lowest BCUT2D eigenvalue weighted by atomic mass is 9.66. The van der Waals surface area contributed by atoms with Crippen LogP contribution in [0.4, 0.5) is 0 Å². The molecule has 0 amide bonds. The molecule has 0 radical (unpaired) electrons. The maximum absolute atomic E-state index is 15.1. The molecule has 0 saturated carbocycles. The molecule has 0 bridgehead atoms. The summed E-state index contributed by atoms with van der Waals surface area (Å²) < 4.78 is 24.0. The molecule has 6 aromatic heterocycles. The van der Waals surface area contributed by atoms with Gasteiger partial charge in [-0.25, -0.2) is 10.1 Å². The van der Waals surface area contributed by atoms with Crippen molar-refractivity contribution in [3.05, 3.63) is 286 Å². The molecule has 4 aliphatic carbocycles. The maximum Gasteiger partial charge on any atom is 0.270 e. The van der Waals surface area contributed by atoms with Gasteiger partial charge in [0.15, 0.2) is 11.6 Å². The molecule has 18 rings (SSSR count). The smallest absolute Gasteiger partial charge is 0.270 e. The lowest BCUT2D eigenvalue weighted by molar-refractivity contribution is 0.103. The van der Waals surface area contributed by atoms with Crippen LogP contribution in [0.3, 0.4) is 0 Å². The van der Waals surface area contributed by atoms with Gasteiger partial charge in [0.05, 0.1) is 102 Å². The molecule has 0 spiro atoms. The number of aryl methyl sites for hydroxylation is 4. The van der Waals surface area contributed by atoms with Gasteiger partial charge >= 0.3 is 0 Å². The fourth-order valence-corrected chi connectivity index (χ4v) is 26.1. The van der Waals surface area contributed by atoms with E-state index in [0.29, 0.717) is 38.4 Å². The number of nitrogens with zero attached hydrogens (tertiary/aromatic N) is 7. The van der Waals surface area contributed by atoms with E-state index in [-0.39, 0.29) is 49.0 Å². The van der Waals surface area contributed by atoms with E-state index in [9.17, 15) is 10.5 Å². The van der Waals surface area contributed by atoms with Crippen LogP contribution in [0.5, 0.6) is 0 Å². The van der Waals surface area contributed by atoms with Crippen LogP contribution in [0.15, 0.2) is 156 Å². The van der Waals surface area contributed by atoms with Gasteiger partial charge in [0, 0.05) is 70.3 Å². The zero-order chi connectivity index (χ0) is 80.7. The predicted molar refractivity (Wildman–Crippen MR) is 493 cm³/mol. The summed E-state index contributed by atoms with van der Waals surface area (Å²) in [6, 6.07) is 53.3. The first kappa shape index (κ1) is 79.1. The minimum absolute atomic E-state index is 0.202. The Morgan fingerprint density at radius 1 is 0.419 bits per heavy atom. The van der Waals surface area contributed by atoms with Crippen LogP contribution in [0.25, 0.3) is 101 Å². The van der Waals surface area contributed by atoms with Crippen molar-refractivity contribution in [2.75, 3.05) is 0 Å². The third kappa shape index (κ3) is 13.0. The Morgan fingerprint density at radius 3 is 1.09 bits per heavy atom. The van der Waals surface area contributed by atoms with Gasteiger partial charge in [-0.15, -0.1) is 45.3 Å². The van der Waals surface area contributed by atoms with Crippen LogP contribution < -0.4 is 0 Å². The zero-order valence-electron chi connectivity index (χ0n) is 65.4. The lowest BCUT2D eigenvalue weighted by Gasteiger charge is -2.34. The molecule has 4 aliphatic rings. The Balaban J connectivity index is 0.957. The molecule has 0 fully saturated rings. The monoisotopic (exact) mass is 1720 g/mol. The summed E-state index contributed by atoms with van der Waals surface area (Å²) in [7, 11) is 0. The molecule has 9 nitrogen and oxygen atoms in total. The molecule has 8 aromatic carbocycles. The number of benzene rings is 8. The summed E-state index contributed by atoms with van der Waals surface area (Å²) in [6.07, 6.45) is 25.9. The number of allylic oxidation sites excluding steroid dienone is 6. The topological polar surface area (TPSA) is 138 Å². The second kappa shape index (κ2) is 32.6. The molecule has 6 heterocycles. The highest BCUT2D eigenvalue weighted by Crippen LogP contribution is 2.69. The maximum atomic E-state index is 15.1. The van der Waals surface area contributed by atoms with Gasteiger partial charge in [-0.3, -0.25) is 9.59 Å². The normalized spacial score (nSPS) is 15.8. The highest BCUT2D eigenvalue weighted by Gasteiger charge is 2.54. The molecular weight excluding hydrogens is 1640 g/mol. The Kier molecular flexibility index (Phi) is 22.0. The van der Waals surface area contributed by atoms with E-state index >= 15 is 9.59 Å². The number of nitriles is 2. The van der Waals surface area contributed by atoms with E-state index < -0.39 is 10.8 Å². The molecule has 0 unspecified atom stereocenters. The third-order valence-electron chi connectivity index (χ3n) is 24.5. The van der Waals surface area contributed by atoms with Crippen molar-refractivity contribution >= 4 is 203 Å². The third-order valence-corrected chi connectivity index (χ3v) is 31.9. The fourth-order valence-electron chi connectivity index (χ4n) is 18.9. The summed E-state index contributed by atoms with van der Waals surface area (Å²) in [5.74, 6) is -0.566. The lowest BCUT2D eigenvalue weighted by Crippen LogP contribution is -2.28. The average molecular weight is 1720 g/mol. The van der Waals surface area contributed by atoms with E-state index in [1.165, 1.54) is 71.4 Å². The molecule has 14 aromatic rings. The fraction of sp³-hybridized carbons (Fsp3) is 0.276. The van der Waals surface area contributed by atoms with Gasteiger partial charge in [0.25, 0.3) is 5.70 Å². The van der Waals surface area contributed by atoms with E-state index in [4.69, 9.17) is 70.5 Å². The predicted octanol–water partition coefficient (Wildman–Crippen LogP) is 30.2. The van der Waals surface area contributed by atoms with Gasteiger partial charge in [0.2, 0.25) is 0 Å². The Labute approximate surface area is 725 Å². The minimum atomic E-state index is -1.03. The van der Waals surface area contributed by atoms with Crippen molar-refractivity contribution in [2.45, 2.75) is 174 Å². The molecule has 19 heteroatoms. The number of carbonyl (C=O) groups is 2. The summed E-state index contributed by atoms with van der Waals surface area (Å²) >= 11 is 36.1. The highest BCUT2D eigenvalue weighted by molar-refractivity contribution is 7.29. The van der Waals surface area contributed by atoms with E-state index in [1.807, 2.05) is 12.2 Å². The zero-order valence-corrected chi connectivity index (χ0v) is 73.3. The number of Topliss-reactive ketones (excluding diaryl/α,β-unsaturated/α-hetero) is 2. The number of rotatable bonds is 26. The average Bonchev–Trinajstić information content (AvgIpc) is 1.49. The molecule has 0 saturated heterocycles. The second-order valence-electron chi connectivity index (χ2n) is 31.5. The second-order valence-corrected chi connectivity index (χ2v) is 38.4. The molecular formula is C98H79Cl4N7O2S6. The van der Waals surface area contributed by atoms with Crippen molar-refractivity contribution in [1.29, 1.82) is 10.5 Å². The standard InChI is InChI=1S/C98H79Cl4N7O2S6/c1-7-11-15-19-23-54-27-35-58(36-28-54)97(59-37-29-55(30-38-59)24-20-16-12-8-2)70-45-62(43-68-77(53(5)51-103)64-47-72(99)74(101)49-66(64)89(68)110)112-91(70)95-83(97)81-79-80(86-87(93(81)114-95)108-116-107-86)82-84-96(115-94(82)88-85(79)106-117-109-88)92-71(46-63(113-92)44-69-78(76(52-104)105-6)65-48-73(100)75(102)50-67(65)90(69)111)98(84,60-39-31-56(32-40-60)25-21-17-13-9-3)61-41-33-57(34-42-61)26-22-18-14-10-4/h27-50H,7-26H2,1-5H3/b68-43-,69-44-,77-53-,78-76?. The summed E-state index contributed by atoms with van der Waals surface area (Å²) in [5, 5.41) is 26.4. The van der Waals surface area contributed by atoms with Crippen LogP contribution >= 0.6 is 115 Å². The number of unbranched alkanes of at least 4 members (excludes halogenated alkanes) is 12. The molecule has 117 heavy (non-hydrogen) atoms. The van der Waals surface area contributed by atoms with Crippen LogP contribution in [0.2, 0.25) is 20.1 Å².